The molecule has 0 heterocycles. The first-order chi connectivity index (χ1) is 7.86. The third-order valence-electron chi connectivity index (χ3n) is 2.17. The van der Waals surface area contributed by atoms with Crippen LogP contribution in [-0.4, -0.2) is 13.2 Å². The molecule has 0 atom stereocenters. The maximum Gasteiger partial charge on any atom is 0.119 e. The van der Waals surface area contributed by atoms with E-state index in [1.807, 2.05) is 36.4 Å². The van der Waals surface area contributed by atoms with Gasteiger partial charge in [0.05, 0.1) is 20.3 Å². The Labute approximate surface area is 97.9 Å². The fourth-order valence-corrected chi connectivity index (χ4v) is 1.26. The number of hydrogen-bond donors (Lipinski definition) is 0. The average molecular weight is 219 g/mol. The Bertz CT molecular complexity index is 301. The lowest BCUT2D eigenvalue weighted by atomic mass is 10.2. The van der Waals surface area contributed by atoms with E-state index in [2.05, 4.69) is 14.0 Å². The Hall–Kier alpha value is -1.28. The van der Waals surface area contributed by atoms with Gasteiger partial charge in [0.15, 0.2) is 0 Å². The second-order valence-corrected chi connectivity index (χ2v) is 3.54. The predicted molar refractivity (Wildman–Crippen MR) is 67.2 cm³/mol. The van der Waals surface area contributed by atoms with Crippen molar-refractivity contribution in [3.8, 4) is 5.75 Å². The van der Waals surface area contributed by atoms with Crippen LogP contribution in [0.15, 0.2) is 30.3 Å². The van der Waals surface area contributed by atoms with Crippen molar-refractivity contribution in [2.45, 2.75) is 19.8 Å². The van der Waals surface area contributed by atoms with Gasteiger partial charge in [0.2, 0.25) is 0 Å². The highest BCUT2D eigenvalue weighted by molar-refractivity contribution is 5.50. The molecule has 0 spiro atoms. The van der Waals surface area contributed by atoms with Gasteiger partial charge in [0, 0.05) is 0 Å². The molecule has 0 aliphatic heterocycles. The molecule has 1 aromatic rings. The summed E-state index contributed by atoms with van der Waals surface area (Å²) >= 11 is 0. The molecule has 0 aromatic heterocycles. The molecule has 16 heavy (non-hydrogen) atoms. The van der Waals surface area contributed by atoms with Crippen molar-refractivity contribution in [2.24, 2.45) is 0 Å². The van der Waals surface area contributed by atoms with Gasteiger partial charge in [0.25, 0.3) is 0 Å². The molecule has 2 heteroatoms. The maximum absolute atomic E-state index is 5.57. The van der Waals surface area contributed by atoms with Crippen LogP contribution in [-0.2, 0) is 4.74 Å². The van der Waals surface area contributed by atoms with Gasteiger partial charge in [-0.2, -0.15) is 0 Å². The molecule has 0 N–H and O–H groups in total. The van der Waals surface area contributed by atoms with Crippen LogP contribution in [0.5, 0.6) is 5.75 Å². The van der Waals surface area contributed by atoms with Gasteiger partial charge in [-0.15, -0.1) is 0 Å². The SMILES string of the molecule is [CH2]OCC=Cc1ccc(OCCCC)cc1. The van der Waals surface area contributed by atoms with Crippen molar-refractivity contribution in [1.82, 2.24) is 0 Å². The van der Waals surface area contributed by atoms with Crippen molar-refractivity contribution in [3.05, 3.63) is 43.0 Å². The van der Waals surface area contributed by atoms with Gasteiger partial charge in [-0.1, -0.05) is 37.6 Å². The Kier molecular flexibility index (Phi) is 6.35. The molecular formula is C14H19O2. The lowest BCUT2D eigenvalue weighted by Gasteiger charge is -2.04. The van der Waals surface area contributed by atoms with Crippen molar-refractivity contribution >= 4 is 6.08 Å². The van der Waals surface area contributed by atoms with Gasteiger partial charge in [-0.25, -0.2) is 0 Å². The third-order valence-corrected chi connectivity index (χ3v) is 2.17. The number of hydrogen-bond acceptors (Lipinski definition) is 2. The summed E-state index contributed by atoms with van der Waals surface area (Å²) in [7, 11) is 3.30. The quantitative estimate of drug-likeness (QED) is 0.651. The van der Waals surface area contributed by atoms with Crippen molar-refractivity contribution in [3.63, 3.8) is 0 Å². The second kappa shape index (κ2) is 7.94. The molecule has 0 bridgehead atoms. The standard InChI is InChI=1S/C14H19O2/c1-3-4-12-16-14-9-7-13(8-10-14)6-5-11-15-2/h5-10H,2-4,11-12H2,1H3. The van der Waals surface area contributed by atoms with Crippen molar-refractivity contribution < 1.29 is 9.47 Å². The summed E-state index contributed by atoms with van der Waals surface area (Å²) in [5, 5.41) is 0. The molecule has 0 saturated carbocycles. The Balaban J connectivity index is 2.41. The van der Waals surface area contributed by atoms with Crippen LogP contribution in [0.3, 0.4) is 0 Å². The van der Waals surface area contributed by atoms with Crippen LogP contribution >= 0.6 is 0 Å². The lowest BCUT2D eigenvalue weighted by Crippen LogP contribution is -1.95. The van der Waals surface area contributed by atoms with Gasteiger partial charge in [-0.05, 0) is 24.1 Å². The summed E-state index contributed by atoms with van der Waals surface area (Å²) in [6.07, 6.45) is 6.19. The van der Waals surface area contributed by atoms with E-state index in [9.17, 15) is 0 Å². The van der Waals surface area contributed by atoms with Crippen LogP contribution < -0.4 is 4.74 Å². The topological polar surface area (TPSA) is 18.5 Å². The highest BCUT2D eigenvalue weighted by atomic mass is 16.5. The Morgan fingerprint density at radius 2 is 2.00 bits per heavy atom. The molecule has 87 valence electrons. The van der Waals surface area contributed by atoms with Crippen molar-refractivity contribution in [1.29, 1.82) is 0 Å². The minimum Gasteiger partial charge on any atom is -0.494 e. The van der Waals surface area contributed by atoms with Crippen LogP contribution in [0.4, 0.5) is 0 Å². The first-order valence-electron chi connectivity index (χ1n) is 5.63. The highest BCUT2D eigenvalue weighted by Crippen LogP contribution is 2.13. The zero-order valence-corrected chi connectivity index (χ0v) is 9.82. The highest BCUT2D eigenvalue weighted by Gasteiger charge is 1.92. The van der Waals surface area contributed by atoms with E-state index in [1.54, 1.807) is 0 Å². The van der Waals surface area contributed by atoms with Crippen LogP contribution in [0, 0.1) is 7.11 Å². The number of rotatable bonds is 7. The van der Waals surface area contributed by atoms with E-state index in [4.69, 9.17) is 9.47 Å². The fraction of sp³-hybridized carbons (Fsp3) is 0.357. The van der Waals surface area contributed by atoms with Gasteiger partial charge < -0.3 is 9.47 Å². The molecule has 2 nitrogen and oxygen atoms in total. The van der Waals surface area contributed by atoms with Crippen molar-refractivity contribution in [2.75, 3.05) is 13.2 Å². The summed E-state index contributed by atoms with van der Waals surface area (Å²) in [6, 6.07) is 8.03. The third kappa shape index (κ3) is 4.99. The average Bonchev–Trinajstić information content (AvgIpc) is 2.32. The minimum atomic E-state index is 0.536. The summed E-state index contributed by atoms with van der Waals surface area (Å²) < 4.78 is 10.3. The fourth-order valence-electron chi connectivity index (χ4n) is 1.26. The molecule has 0 aliphatic rings. The Morgan fingerprint density at radius 3 is 2.62 bits per heavy atom. The molecular weight excluding hydrogens is 200 g/mol. The molecule has 1 aromatic carbocycles. The molecule has 0 aliphatic carbocycles. The minimum absolute atomic E-state index is 0.536. The molecule has 0 amide bonds. The number of unbranched alkanes of at least 4 members (excludes halogenated alkanes) is 1. The summed E-state index contributed by atoms with van der Waals surface area (Å²) in [6.45, 7) is 3.48. The number of benzene rings is 1. The largest absolute Gasteiger partial charge is 0.494 e. The van der Waals surface area contributed by atoms with Gasteiger partial charge in [-0.3, -0.25) is 0 Å². The van der Waals surface area contributed by atoms with E-state index < -0.39 is 0 Å². The summed E-state index contributed by atoms with van der Waals surface area (Å²) in [5.41, 5.74) is 1.14. The maximum atomic E-state index is 5.57. The second-order valence-electron chi connectivity index (χ2n) is 3.54. The van der Waals surface area contributed by atoms with Crippen LogP contribution in [0.1, 0.15) is 25.3 Å². The van der Waals surface area contributed by atoms with E-state index in [0.717, 1.165) is 30.8 Å². The molecule has 0 unspecified atom stereocenters. The van der Waals surface area contributed by atoms with E-state index in [0.29, 0.717) is 6.61 Å². The van der Waals surface area contributed by atoms with Gasteiger partial charge in [0.1, 0.15) is 5.75 Å². The molecule has 1 rings (SSSR count). The number of ether oxygens (including phenoxy) is 2. The Morgan fingerprint density at radius 1 is 1.25 bits per heavy atom. The van der Waals surface area contributed by atoms with E-state index >= 15 is 0 Å². The summed E-state index contributed by atoms with van der Waals surface area (Å²) in [5.74, 6) is 0.930. The predicted octanol–water partition coefficient (Wildman–Crippen LogP) is 3.69. The van der Waals surface area contributed by atoms with E-state index in [-0.39, 0.29) is 0 Å². The first kappa shape index (κ1) is 12.8. The normalized spacial score (nSPS) is 10.9. The molecule has 1 radical (unpaired) electrons. The summed E-state index contributed by atoms with van der Waals surface area (Å²) in [4.78, 5) is 0. The van der Waals surface area contributed by atoms with E-state index in [1.165, 1.54) is 0 Å². The van der Waals surface area contributed by atoms with Crippen LogP contribution in [0.2, 0.25) is 0 Å². The zero-order valence-electron chi connectivity index (χ0n) is 9.82. The first-order valence-corrected chi connectivity index (χ1v) is 5.63. The monoisotopic (exact) mass is 219 g/mol. The molecule has 0 saturated heterocycles. The molecule has 0 fully saturated rings. The van der Waals surface area contributed by atoms with Gasteiger partial charge >= 0.3 is 0 Å². The van der Waals surface area contributed by atoms with Crippen LogP contribution in [0.25, 0.3) is 6.08 Å². The zero-order chi connectivity index (χ0) is 11.6. The smallest absolute Gasteiger partial charge is 0.119 e. The lowest BCUT2D eigenvalue weighted by molar-refractivity contribution is 0.282.